The number of benzene rings is 1. The van der Waals surface area contributed by atoms with Gasteiger partial charge in [0.25, 0.3) is 5.91 Å². The van der Waals surface area contributed by atoms with Crippen LogP contribution in [0.2, 0.25) is 0 Å². The van der Waals surface area contributed by atoms with Gasteiger partial charge in [-0.25, -0.2) is 9.50 Å². The number of amides is 1. The van der Waals surface area contributed by atoms with Crippen LogP contribution in [0.3, 0.4) is 0 Å². The summed E-state index contributed by atoms with van der Waals surface area (Å²) in [6.45, 7) is 9.19. The number of aromatic nitrogens is 3. The van der Waals surface area contributed by atoms with Crippen LogP contribution in [0.15, 0.2) is 67.1 Å². The number of rotatable bonds is 8. The fraction of sp³-hybridized carbons (Fsp3) is 0.375. The lowest BCUT2D eigenvalue weighted by Gasteiger charge is -2.40. The Hall–Kier alpha value is -4.46. The molecule has 2 aliphatic heterocycles. The second-order valence-electron chi connectivity index (χ2n) is 11.3. The number of nitriles is 1. The first kappa shape index (κ1) is 27.7. The number of anilines is 1. The molecular formula is C32H36N8O2. The van der Waals surface area contributed by atoms with Crippen LogP contribution in [0.5, 0.6) is 5.75 Å². The molecule has 2 aliphatic rings. The van der Waals surface area contributed by atoms with Gasteiger partial charge < -0.3 is 20.3 Å². The number of nitrogens with zero attached hydrogens (tertiary/aromatic N) is 6. The highest BCUT2D eigenvalue weighted by atomic mass is 16.5. The molecule has 42 heavy (non-hydrogen) atoms. The van der Waals surface area contributed by atoms with Crippen molar-refractivity contribution >= 4 is 17.2 Å². The van der Waals surface area contributed by atoms with Crippen molar-refractivity contribution in [3.8, 4) is 22.9 Å². The topological polar surface area (TPSA) is 111 Å². The van der Waals surface area contributed by atoms with Gasteiger partial charge in [0.05, 0.1) is 23.5 Å². The summed E-state index contributed by atoms with van der Waals surface area (Å²) in [5, 5.41) is 20.8. The summed E-state index contributed by atoms with van der Waals surface area (Å²) < 4.78 is 7.87. The quantitative estimate of drug-likeness (QED) is 0.335. The van der Waals surface area contributed by atoms with Crippen molar-refractivity contribution in [1.82, 2.24) is 30.1 Å². The molecule has 5 heterocycles. The zero-order chi connectivity index (χ0) is 28.9. The lowest BCUT2D eigenvalue weighted by Crippen LogP contribution is -2.53. The van der Waals surface area contributed by atoms with Gasteiger partial charge in [0, 0.05) is 74.2 Å². The van der Waals surface area contributed by atoms with Gasteiger partial charge in [0.1, 0.15) is 24.2 Å². The summed E-state index contributed by atoms with van der Waals surface area (Å²) in [5.41, 5.74) is 3.41. The molecule has 216 valence electrons. The molecule has 2 fully saturated rings. The molecule has 0 atom stereocenters. The minimum Gasteiger partial charge on any atom is -0.491 e. The predicted molar refractivity (Wildman–Crippen MR) is 162 cm³/mol. The maximum Gasteiger partial charge on any atom is 0.251 e. The zero-order valence-electron chi connectivity index (χ0n) is 23.9. The van der Waals surface area contributed by atoms with Crippen molar-refractivity contribution in [1.29, 1.82) is 5.26 Å². The van der Waals surface area contributed by atoms with E-state index in [9.17, 15) is 10.1 Å². The van der Waals surface area contributed by atoms with Gasteiger partial charge in [-0.3, -0.25) is 9.69 Å². The third-order valence-electron chi connectivity index (χ3n) is 8.29. The molecule has 2 N–H and O–H groups in total. The summed E-state index contributed by atoms with van der Waals surface area (Å²) in [5.74, 6) is 1.56. The second-order valence-corrected chi connectivity index (χ2v) is 11.3. The fourth-order valence-electron chi connectivity index (χ4n) is 5.73. The van der Waals surface area contributed by atoms with Crippen LogP contribution < -0.4 is 20.3 Å². The number of pyridine rings is 2. The molecule has 0 unspecified atom stereocenters. The Morgan fingerprint density at radius 2 is 1.88 bits per heavy atom. The van der Waals surface area contributed by atoms with Crippen LogP contribution in [0.25, 0.3) is 16.6 Å². The SMILES string of the molecule is CC1(NC(=O)c2ccccc2)CCN(c2ccc(-c3cc(OCCN4CCNCC4)cn4ncc(C#N)c34)cn2)CC1. The van der Waals surface area contributed by atoms with E-state index in [1.807, 2.05) is 60.9 Å². The highest BCUT2D eigenvalue weighted by molar-refractivity contribution is 5.94. The number of nitrogens with one attached hydrogen (secondary N) is 2. The van der Waals surface area contributed by atoms with E-state index in [2.05, 4.69) is 38.5 Å². The van der Waals surface area contributed by atoms with Crippen molar-refractivity contribution in [2.24, 2.45) is 0 Å². The monoisotopic (exact) mass is 564 g/mol. The van der Waals surface area contributed by atoms with Crippen LogP contribution >= 0.6 is 0 Å². The van der Waals surface area contributed by atoms with Gasteiger partial charge in [-0.05, 0) is 50.1 Å². The molecular weight excluding hydrogens is 528 g/mol. The number of fused-ring (bicyclic) bond motifs is 1. The first-order valence-corrected chi connectivity index (χ1v) is 14.6. The van der Waals surface area contributed by atoms with Gasteiger partial charge in [-0.2, -0.15) is 10.4 Å². The molecule has 0 radical (unpaired) electrons. The van der Waals surface area contributed by atoms with E-state index < -0.39 is 0 Å². The predicted octanol–water partition coefficient (Wildman–Crippen LogP) is 3.34. The van der Waals surface area contributed by atoms with Crippen LogP contribution in [-0.2, 0) is 0 Å². The molecule has 6 rings (SSSR count). The lowest BCUT2D eigenvalue weighted by atomic mass is 9.89. The summed E-state index contributed by atoms with van der Waals surface area (Å²) in [4.78, 5) is 22.2. The maximum atomic E-state index is 12.7. The molecule has 1 aromatic carbocycles. The van der Waals surface area contributed by atoms with Crippen molar-refractivity contribution in [3.63, 3.8) is 0 Å². The number of hydrogen-bond acceptors (Lipinski definition) is 8. The van der Waals surface area contributed by atoms with Crippen LogP contribution in [-0.4, -0.2) is 83.4 Å². The first-order chi connectivity index (χ1) is 20.5. The van der Waals surface area contributed by atoms with Crippen LogP contribution in [0.4, 0.5) is 5.82 Å². The lowest BCUT2D eigenvalue weighted by molar-refractivity contribution is 0.0891. The van der Waals surface area contributed by atoms with E-state index in [0.717, 1.165) is 81.1 Å². The van der Waals surface area contributed by atoms with Crippen molar-refractivity contribution in [2.45, 2.75) is 25.3 Å². The zero-order valence-corrected chi connectivity index (χ0v) is 23.9. The van der Waals surface area contributed by atoms with E-state index >= 15 is 0 Å². The number of ether oxygens (including phenoxy) is 1. The average molecular weight is 565 g/mol. The average Bonchev–Trinajstić information content (AvgIpc) is 3.45. The Balaban J connectivity index is 1.14. The minimum atomic E-state index is -0.268. The third-order valence-corrected chi connectivity index (χ3v) is 8.29. The highest BCUT2D eigenvalue weighted by Crippen LogP contribution is 2.32. The number of carbonyl (C=O) groups is 1. The molecule has 0 bridgehead atoms. The highest BCUT2D eigenvalue weighted by Gasteiger charge is 2.32. The Morgan fingerprint density at radius 3 is 2.60 bits per heavy atom. The van der Waals surface area contributed by atoms with Crippen molar-refractivity contribution < 1.29 is 9.53 Å². The number of hydrogen-bond donors (Lipinski definition) is 2. The Bertz CT molecular complexity index is 1560. The second kappa shape index (κ2) is 12.2. The largest absolute Gasteiger partial charge is 0.491 e. The number of piperidine rings is 1. The molecule has 2 saturated heterocycles. The summed E-state index contributed by atoms with van der Waals surface area (Å²) in [6.07, 6.45) is 6.93. The standard InChI is InChI=1S/C32H36N8O2/c1-32(37-31(41)24-5-3-2-4-6-24)9-13-39(14-10-32)29-8-7-25(21-35-29)28-19-27(23-40-30(28)26(20-33)22-36-40)42-18-17-38-15-11-34-12-16-38/h2-8,19,21-23,34H,9-18H2,1H3,(H,37,41). The molecule has 0 aliphatic carbocycles. The van der Waals surface area contributed by atoms with Gasteiger partial charge >= 0.3 is 0 Å². The van der Waals surface area contributed by atoms with Crippen molar-refractivity contribution in [3.05, 3.63) is 78.2 Å². The number of carbonyl (C=O) groups excluding carboxylic acids is 1. The van der Waals surface area contributed by atoms with E-state index in [1.54, 1.807) is 10.7 Å². The summed E-state index contributed by atoms with van der Waals surface area (Å²) >= 11 is 0. The Kier molecular flexibility index (Phi) is 8.04. The van der Waals surface area contributed by atoms with Gasteiger partial charge in [0.15, 0.2) is 0 Å². The summed E-state index contributed by atoms with van der Waals surface area (Å²) in [6, 6.07) is 17.7. The number of piperazine rings is 1. The van der Waals surface area contributed by atoms with E-state index in [0.29, 0.717) is 23.5 Å². The normalized spacial score (nSPS) is 17.1. The molecule has 3 aromatic heterocycles. The Morgan fingerprint density at radius 1 is 1.10 bits per heavy atom. The first-order valence-electron chi connectivity index (χ1n) is 14.6. The van der Waals surface area contributed by atoms with Gasteiger partial charge in [-0.1, -0.05) is 18.2 Å². The molecule has 0 saturated carbocycles. The Labute approximate surface area is 245 Å². The molecule has 1 amide bonds. The van der Waals surface area contributed by atoms with Gasteiger partial charge in [-0.15, -0.1) is 0 Å². The molecule has 4 aromatic rings. The van der Waals surface area contributed by atoms with Crippen LogP contribution in [0, 0.1) is 11.3 Å². The van der Waals surface area contributed by atoms with E-state index in [4.69, 9.17) is 9.72 Å². The van der Waals surface area contributed by atoms with Crippen molar-refractivity contribution in [2.75, 3.05) is 57.3 Å². The maximum absolute atomic E-state index is 12.7. The van der Waals surface area contributed by atoms with E-state index in [1.165, 1.54) is 0 Å². The molecule has 0 spiro atoms. The fourth-order valence-corrected chi connectivity index (χ4v) is 5.73. The minimum absolute atomic E-state index is 0.0352. The molecule has 10 nitrogen and oxygen atoms in total. The third kappa shape index (κ3) is 6.08. The van der Waals surface area contributed by atoms with Gasteiger partial charge in [0.2, 0.25) is 0 Å². The molecule has 10 heteroatoms. The van der Waals surface area contributed by atoms with Crippen LogP contribution in [0.1, 0.15) is 35.7 Å². The van der Waals surface area contributed by atoms with E-state index in [-0.39, 0.29) is 11.4 Å². The smallest absolute Gasteiger partial charge is 0.251 e. The summed E-state index contributed by atoms with van der Waals surface area (Å²) in [7, 11) is 0.